The largest absolute Gasteiger partial charge is 0.496 e. The Morgan fingerprint density at radius 3 is 2.43 bits per heavy atom. The smallest absolute Gasteiger partial charge is 0.133 e. The zero-order valence-corrected chi connectivity index (χ0v) is 14.7. The summed E-state index contributed by atoms with van der Waals surface area (Å²) in [5.74, 6) is 2.46. The maximum absolute atomic E-state index is 5.78. The Labute approximate surface area is 138 Å². The molecule has 3 nitrogen and oxygen atoms in total. The molecule has 0 amide bonds. The highest BCUT2D eigenvalue weighted by Gasteiger charge is 2.10. The third-order valence-electron chi connectivity index (χ3n) is 3.14. The number of thioether (sulfide) groups is 1. The predicted octanol–water partition coefficient (Wildman–Crippen LogP) is 4.65. The lowest BCUT2D eigenvalue weighted by Gasteiger charge is -2.13. The Morgan fingerprint density at radius 1 is 1.10 bits per heavy atom. The average Bonchev–Trinajstić information content (AvgIpc) is 2.47. The van der Waals surface area contributed by atoms with E-state index in [9.17, 15) is 0 Å². The zero-order chi connectivity index (χ0) is 15.4. The Morgan fingerprint density at radius 2 is 1.81 bits per heavy atom. The number of anilines is 1. The highest BCUT2D eigenvalue weighted by atomic mass is 79.9. The number of nitrogens with two attached hydrogens (primary N) is 1. The van der Waals surface area contributed by atoms with Crippen molar-refractivity contribution in [1.82, 2.24) is 0 Å². The predicted molar refractivity (Wildman–Crippen MR) is 92.4 cm³/mol. The highest BCUT2D eigenvalue weighted by Crippen LogP contribution is 2.36. The molecule has 0 fully saturated rings. The molecule has 0 saturated heterocycles. The van der Waals surface area contributed by atoms with Gasteiger partial charge >= 0.3 is 0 Å². The number of halogens is 1. The van der Waals surface area contributed by atoms with Crippen molar-refractivity contribution in [3.8, 4) is 11.5 Å². The van der Waals surface area contributed by atoms with E-state index in [-0.39, 0.29) is 0 Å². The Balaban J connectivity index is 2.22. The molecule has 112 valence electrons. The lowest BCUT2D eigenvalue weighted by molar-refractivity contribution is 0.398. The van der Waals surface area contributed by atoms with Gasteiger partial charge in [0.1, 0.15) is 11.5 Å². The fraction of sp³-hybridized carbons (Fsp3) is 0.250. The summed E-state index contributed by atoms with van der Waals surface area (Å²) < 4.78 is 11.7. The van der Waals surface area contributed by atoms with Gasteiger partial charge in [-0.2, -0.15) is 0 Å². The summed E-state index contributed by atoms with van der Waals surface area (Å²) in [5.41, 5.74) is 8.85. The van der Waals surface area contributed by atoms with Crippen molar-refractivity contribution in [2.24, 2.45) is 0 Å². The van der Waals surface area contributed by atoms with Gasteiger partial charge in [-0.05, 0) is 58.7 Å². The van der Waals surface area contributed by atoms with Gasteiger partial charge in [-0.3, -0.25) is 0 Å². The third-order valence-corrected chi connectivity index (χ3v) is 4.98. The normalized spacial score (nSPS) is 10.5. The van der Waals surface area contributed by atoms with Gasteiger partial charge in [0.2, 0.25) is 0 Å². The second-order valence-electron chi connectivity index (χ2n) is 4.61. The van der Waals surface area contributed by atoms with Crippen LogP contribution in [0.2, 0.25) is 0 Å². The number of hydrogen-bond acceptors (Lipinski definition) is 4. The van der Waals surface area contributed by atoms with Gasteiger partial charge in [-0.15, -0.1) is 11.8 Å². The molecule has 0 bridgehead atoms. The minimum atomic E-state index is 0.791. The van der Waals surface area contributed by atoms with Crippen molar-refractivity contribution in [3.05, 3.63) is 45.9 Å². The van der Waals surface area contributed by atoms with Crippen molar-refractivity contribution in [3.63, 3.8) is 0 Å². The lowest BCUT2D eigenvalue weighted by Crippen LogP contribution is -1.94. The van der Waals surface area contributed by atoms with Crippen molar-refractivity contribution >= 4 is 33.4 Å². The Bertz CT molecular complexity index is 646. The summed E-state index contributed by atoms with van der Waals surface area (Å²) in [4.78, 5) is 1.22. The van der Waals surface area contributed by atoms with E-state index in [1.54, 1.807) is 26.0 Å². The quantitative estimate of drug-likeness (QED) is 0.616. The summed E-state index contributed by atoms with van der Waals surface area (Å²) in [7, 11) is 3.34. The van der Waals surface area contributed by atoms with Crippen molar-refractivity contribution in [1.29, 1.82) is 0 Å². The monoisotopic (exact) mass is 367 g/mol. The maximum Gasteiger partial charge on any atom is 0.133 e. The van der Waals surface area contributed by atoms with Crippen LogP contribution in [0.25, 0.3) is 0 Å². The number of aryl methyl sites for hydroxylation is 1. The van der Waals surface area contributed by atoms with Gasteiger partial charge in [-0.25, -0.2) is 0 Å². The second kappa shape index (κ2) is 7.09. The van der Waals surface area contributed by atoms with E-state index in [1.807, 2.05) is 24.3 Å². The third kappa shape index (κ3) is 3.86. The topological polar surface area (TPSA) is 44.5 Å². The maximum atomic E-state index is 5.78. The minimum Gasteiger partial charge on any atom is -0.496 e. The molecule has 2 aromatic carbocycles. The number of nitrogen functional groups attached to an aromatic ring is 1. The molecule has 0 saturated carbocycles. The van der Waals surface area contributed by atoms with Crippen LogP contribution in [-0.4, -0.2) is 14.2 Å². The second-order valence-corrected chi connectivity index (χ2v) is 6.48. The first-order chi connectivity index (χ1) is 10.0. The fourth-order valence-electron chi connectivity index (χ4n) is 2.03. The molecule has 2 N–H and O–H groups in total. The molecule has 0 atom stereocenters. The molecule has 2 rings (SSSR count). The molecule has 0 aliphatic carbocycles. The van der Waals surface area contributed by atoms with Crippen LogP contribution >= 0.6 is 27.7 Å². The summed E-state index contributed by atoms with van der Waals surface area (Å²) in [5, 5.41) is 0. The first-order valence-electron chi connectivity index (χ1n) is 6.44. The summed E-state index contributed by atoms with van der Waals surface area (Å²) in [6, 6.07) is 9.90. The standard InChI is InChI=1S/C16H18BrNO2S/c1-10-6-12(18)4-5-16(10)21-9-11-7-15(20-3)13(17)8-14(11)19-2/h4-8H,9,18H2,1-3H3. The molecule has 0 heterocycles. The minimum absolute atomic E-state index is 0.791. The molecule has 2 aromatic rings. The van der Waals surface area contributed by atoms with Crippen LogP contribution in [0.15, 0.2) is 39.7 Å². The Hall–Kier alpha value is -1.33. The van der Waals surface area contributed by atoms with Crippen LogP contribution in [0.4, 0.5) is 5.69 Å². The van der Waals surface area contributed by atoms with E-state index >= 15 is 0 Å². The first-order valence-corrected chi connectivity index (χ1v) is 8.22. The van der Waals surface area contributed by atoms with Crippen molar-refractivity contribution in [2.75, 3.05) is 20.0 Å². The van der Waals surface area contributed by atoms with Crippen LogP contribution in [0, 0.1) is 6.92 Å². The molecular weight excluding hydrogens is 350 g/mol. The van der Waals surface area contributed by atoms with Crippen LogP contribution in [0.1, 0.15) is 11.1 Å². The summed E-state index contributed by atoms with van der Waals surface area (Å²) in [6.07, 6.45) is 0. The van der Waals surface area contributed by atoms with E-state index < -0.39 is 0 Å². The van der Waals surface area contributed by atoms with Gasteiger partial charge in [-0.1, -0.05) is 0 Å². The fourth-order valence-corrected chi connectivity index (χ4v) is 3.50. The first kappa shape index (κ1) is 16.0. The van der Waals surface area contributed by atoms with Gasteiger partial charge < -0.3 is 15.2 Å². The number of methoxy groups -OCH3 is 2. The van der Waals surface area contributed by atoms with Gasteiger partial charge in [0.15, 0.2) is 0 Å². The van der Waals surface area contributed by atoms with E-state index in [0.29, 0.717) is 0 Å². The molecule has 0 aliphatic heterocycles. The van der Waals surface area contributed by atoms with Gasteiger partial charge in [0, 0.05) is 21.9 Å². The van der Waals surface area contributed by atoms with E-state index in [1.165, 1.54) is 10.5 Å². The highest BCUT2D eigenvalue weighted by molar-refractivity contribution is 9.10. The lowest BCUT2D eigenvalue weighted by atomic mass is 10.2. The molecule has 0 aromatic heterocycles. The molecule has 0 radical (unpaired) electrons. The van der Waals surface area contributed by atoms with Gasteiger partial charge in [0.25, 0.3) is 0 Å². The van der Waals surface area contributed by atoms with Gasteiger partial charge in [0.05, 0.1) is 18.7 Å². The molecule has 5 heteroatoms. The molecular formula is C16H18BrNO2S. The number of rotatable bonds is 5. The van der Waals surface area contributed by atoms with Crippen LogP contribution in [-0.2, 0) is 5.75 Å². The Kier molecular flexibility index (Phi) is 5.42. The van der Waals surface area contributed by atoms with Crippen LogP contribution in [0.5, 0.6) is 11.5 Å². The molecule has 0 aliphatic rings. The summed E-state index contributed by atoms with van der Waals surface area (Å²) in [6.45, 7) is 2.07. The number of hydrogen-bond donors (Lipinski definition) is 1. The number of benzene rings is 2. The average molecular weight is 368 g/mol. The van der Waals surface area contributed by atoms with E-state index in [0.717, 1.165) is 33.0 Å². The molecule has 0 unspecified atom stereocenters. The summed E-state index contributed by atoms with van der Waals surface area (Å²) >= 11 is 5.23. The van der Waals surface area contributed by atoms with Crippen LogP contribution < -0.4 is 15.2 Å². The number of ether oxygens (including phenoxy) is 2. The van der Waals surface area contributed by atoms with Crippen molar-refractivity contribution < 1.29 is 9.47 Å². The zero-order valence-electron chi connectivity index (χ0n) is 12.3. The van der Waals surface area contributed by atoms with E-state index in [2.05, 4.69) is 28.9 Å². The van der Waals surface area contributed by atoms with Crippen LogP contribution in [0.3, 0.4) is 0 Å². The molecule has 21 heavy (non-hydrogen) atoms. The molecule has 0 spiro atoms. The SMILES string of the molecule is COc1cc(CSc2ccc(N)cc2C)c(OC)cc1Br. The van der Waals surface area contributed by atoms with E-state index in [4.69, 9.17) is 15.2 Å². The van der Waals surface area contributed by atoms with Crippen molar-refractivity contribution in [2.45, 2.75) is 17.6 Å².